The van der Waals surface area contributed by atoms with Gasteiger partial charge in [-0.3, -0.25) is 0 Å². The molecule has 308 valence electrons. The SMILES string of the molecule is C1=C\CCCCCCOc2cccc3c2B2O[C@@H]4C5CC([C@H]6OB(O[C@@H]56)c5c(cccc5OCCCCCC/C=C\CCCCCCO3)OCCCCCC/1)[C@@H]4O2. The van der Waals surface area contributed by atoms with Gasteiger partial charge in [-0.2, -0.15) is 0 Å². The van der Waals surface area contributed by atoms with Gasteiger partial charge in [0.15, 0.2) is 0 Å². The van der Waals surface area contributed by atoms with Gasteiger partial charge in [0.25, 0.3) is 0 Å². The Kier molecular flexibility index (Phi) is 15.3. The van der Waals surface area contributed by atoms with E-state index in [1.54, 1.807) is 0 Å². The van der Waals surface area contributed by atoms with Crippen LogP contribution in [-0.4, -0.2) is 65.1 Å². The van der Waals surface area contributed by atoms with Crippen LogP contribution in [0.15, 0.2) is 60.7 Å². The molecule has 10 bridgehead atoms. The summed E-state index contributed by atoms with van der Waals surface area (Å²) >= 11 is 0. The average molecular weight is 781 g/mol. The Morgan fingerprint density at radius 3 is 0.930 bits per heavy atom. The molecule has 6 aliphatic heterocycles. The summed E-state index contributed by atoms with van der Waals surface area (Å²) in [6.07, 6.45) is 33.2. The van der Waals surface area contributed by atoms with Crippen LogP contribution in [0.25, 0.3) is 0 Å². The van der Waals surface area contributed by atoms with Gasteiger partial charge in [0.1, 0.15) is 23.0 Å². The molecule has 0 spiro atoms. The number of hydrogen-bond donors (Lipinski definition) is 0. The van der Waals surface area contributed by atoms with Gasteiger partial charge in [-0.25, -0.2) is 0 Å². The van der Waals surface area contributed by atoms with Crippen molar-refractivity contribution in [2.45, 2.75) is 159 Å². The quantitative estimate of drug-likeness (QED) is 0.194. The van der Waals surface area contributed by atoms with Crippen LogP contribution >= 0.6 is 0 Å². The minimum atomic E-state index is -0.566. The molecule has 6 heterocycles. The smallest absolute Gasteiger partial charge is 0.494 e. The zero-order valence-electron chi connectivity index (χ0n) is 34.3. The zero-order valence-corrected chi connectivity index (χ0v) is 34.3. The van der Waals surface area contributed by atoms with Crippen LogP contribution < -0.4 is 29.9 Å². The molecule has 0 radical (unpaired) electrons. The van der Waals surface area contributed by atoms with Gasteiger partial charge in [0.2, 0.25) is 0 Å². The Bertz CT molecular complexity index is 1390. The normalized spacial score (nSPS) is 30.9. The van der Waals surface area contributed by atoms with Crippen molar-refractivity contribution in [1.82, 2.24) is 0 Å². The number of benzene rings is 2. The van der Waals surface area contributed by atoms with E-state index in [1.807, 2.05) is 12.1 Å². The Labute approximate surface area is 343 Å². The lowest BCUT2D eigenvalue weighted by Crippen LogP contribution is -2.44. The van der Waals surface area contributed by atoms with Gasteiger partial charge in [-0.15, -0.1) is 0 Å². The number of fused-ring (bicyclic) bond motifs is 28. The van der Waals surface area contributed by atoms with Crippen LogP contribution in [0, 0.1) is 11.8 Å². The van der Waals surface area contributed by atoms with E-state index in [1.165, 1.54) is 51.4 Å². The summed E-state index contributed by atoms with van der Waals surface area (Å²) in [5.41, 5.74) is 1.77. The highest BCUT2D eigenvalue weighted by molar-refractivity contribution is 6.64. The summed E-state index contributed by atoms with van der Waals surface area (Å²) in [5, 5.41) is 0. The van der Waals surface area contributed by atoms with Crippen molar-refractivity contribution in [2.75, 3.05) is 26.4 Å². The molecule has 10 heteroatoms. The van der Waals surface area contributed by atoms with E-state index < -0.39 is 14.2 Å². The maximum absolute atomic E-state index is 6.93. The number of hydrogen-bond acceptors (Lipinski definition) is 8. The maximum atomic E-state index is 6.93. The van der Waals surface area contributed by atoms with Gasteiger partial charge in [-0.1, -0.05) is 87.8 Å². The molecule has 2 saturated carbocycles. The van der Waals surface area contributed by atoms with Crippen LogP contribution in [0.3, 0.4) is 0 Å². The summed E-state index contributed by atoms with van der Waals surface area (Å²) in [5.74, 6) is 3.55. The van der Waals surface area contributed by atoms with E-state index in [9.17, 15) is 0 Å². The average Bonchev–Trinajstić information content (AvgIpc) is 4.00. The van der Waals surface area contributed by atoms with Crippen LogP contribution in [0.4, 0.5) is 0 Å². The minimum Gasteiger partial charge on any atom is -0.494 e. The van der Waals surface area contributed by atoms with Crippen molar-refractivity contribution < 1.29 is 37.6 Å². The fourth-order valence-corrected chi connectivity index (χ4v) is 9.91. The van der Waals surface area contributed by atoms with Gasteiger partial charge in [0.05, 0.1) is 61.8 Å². The topological polar surface area (TPSA) is 73.8 Å². The van der Waals surface area contributed by atoms with E-state index in [0.717, 1.165) is 117 Å². The van der Waals surface area contributed by atoms with Crippen molar-refractivity contribution in [2.24, 2.45) is 11.8 Å². The van der Waals surface area contributed by atoms with Crippen molar-refractivity contribution >= 4 is 25.2 Å². The lowest BCUT2D eigenvalue weighted by molar-refractivity contribution is -0.00476. The fraction of sp³-hybridized carbons (Fsp3) is 0.660. The standard InChI is InChI=1S/C47H66B2O8/c1-2-6-10-14-18-22-32-51-39-28-26-30-41-43(39)49-56-46-36-35-37(47(46)57-49)45-44(36)54-48(55-45)42-38(50-31-21-17-13-9-5-1)27-25-29-40(42)52-33-23-19-15-11-7-3-4-8-12-16-20-24-34-53-41/h1-4,25-30,36-37,44-47H,5-24,31-35H2/b2-1-,4-3-/t36?,37?,44-,45+,46+,47-. The molecule has 2 aliphatic carbocycles. The van der Waals surface area contributed by atoms with E-state index >= 15 is 0 Å². The largest absolute Gasteiger partial charge is 0.502 e. The van der Waals surface area contributed by atoms with Crippen LogP contribution in [-0.2, 0) is 18.6 Å². The summed E-state index contributed by atoms with van der Waals surface area (Å²) in [4.78, 5) is 0. The Hall–Kier alpha value is -2.91. The Morgan fingerprint density at radius 2 is 0.632 bits per heavy atom. The van der Waals surface area contributed by atoms with Gasteiger partial charge >= 0.3 is 14.2 Å². The van der Waals surface area contributed by atoms with E-state index in [2.05, 4.69) is 48.6 Å². The van der Waals surface area contributed by atoms with Crippen molar-refractivity contribution in [3.05, 3.63) is 60.7 Å². The third-order valence-corrected chi connectivity index (χ3v) is 13.0. The first-order chi connectivity index (χ1) is 28.3. The number of ether oxygens (including phenoxy) is 4. The summed E-state index contributed by atoms with van der Waals surface area (Å²) in [6, 6.07) is 12.3. The van der Waals surface area contributed by atoms with Crippen LogP contribution in [0.2, 0.25) is 0 Å². The zero-order chi connectivity index (χ0) is 38.5. The monoisotopic (exact) mass is 780 g/mol. The summed E-state index contributed by atoms with van der Waals surface area (Å²) < 4.78 is 53.9. The molecule has 4 fully saturated rings. The van der Waals surface area contributed by atoms with Gasteiger partial charge in [-0.05, 0) is 108 Å². The van der Waals surface area contributed by atoms with E-state index in [-0.39, 0.29) is 36.3 Å². The predicted molar refractivity (Wildman–Crippen MR) is 227 cm³/mol. The molecule has 6 atom stereocenters. The molecule has 0 amide bonds. The first-order valence-corrected chi connectivity index (χ1v) is 23.0. The second-order valence-corrected chi connectivity index (χ2v) is 17.1. The molecule has 0 N–H and O–H groups in total. The molecule has 10 rings (SSSR count). The van der Waals surface area contributed by atoms with Crippen molar-refractivity contribution in [1.29, 1.82) is 0 Å². The highest BCUT2D eigenvalue weighted by Gasteiger charge is 2.68. The molecule has 8 nitrogen and oxygen atoms in total. The molecule has 0 aromatic heterocycles. The lowest BCUT2D eigenvalue weighted by atomic mass is 9.77. The van der Waals surface area contributed by atoms with Gasteiger partial charge in [0, 0.05) is 11.8 Å². The second-order valence-electron chi connectivity index (χ2n) is 17.1. The molecule has 2 unspecified atom stereocenters. The van der Waals surface area contributed by atoms with Crippen molar-refractivity contribution in [3.8, 4) is 23.0 Å². The van der Waals surface area contributed by atoms with Gasteiger partial charge < -0.3 is 37.6 Å². The Morgan fingerprint density at radius 1 is 0.351 bits per heavy atom. The molecular weight excluding hydrogens is 714 g/mol. The Balaban J connectivity index is 1.05. The summed E-state index contributed by atoms with van der Waals surface area (Å²) in [6.45, 7) is 2.65. The third kappa shape index (κ3) is 10.5. The second kappa shape index (κ2) is 21.4. The molecule has 2 aromatic carbocycles. The lowest BCUT2D eigenvalue weighted by Gasteiger charge is -2.31. The van der Waals surface area contributed by atoms with Crippen molar-refractivity contribution in [3.63, 3.8) is 0 Å². The van der Waals surface area contributed by atoms with E-state index in [4.69, 9.17) is 37.6 Å². The summed E-state index contributed by atoms with van der Waals surface area (Å²) in [7, 11) is -1.13. The first kappa shape index (κ1) is 40.9. The number of allylic oxidation sites excluding steroid dienone is 4. The highest BCUT2D eigenvalue weighted by Crippen LogP contribution is 2.55. The van der Waals surface area contributed by atoms with Crippen LogP contribution in [0.1, 0.15) is 135 Å². The fourth-order valence-electron chi connectivity index (χ4n) is 9.91. The maximum Gasteiger partial charge on any atom is 0.502 e. The van der Waals surface area contributed by atoms with E-state index in [0.29, 0.717) is 26.4 Å². The molecule has 57 heavy (non-hydrogen) atoms. The number of rotatable bonds is 0. The first-order valence-electron chi connectivity index (χ1n) is 23.0. The molecule has 2 aromatic rings. The minimum absolute atomic E-state index is 0.0832. The highest BCUT2D eigenvalue weighted by atomic mass is 16.7. The molecular formula is C47H66B2O8. The van der Waals surface area contributed by atoms with Crippen LogP contribution in [0.5, 0.6) is 23.0 Å². The molecule has 2 saturated heterocycles. The third-order valence-electron chi connectivity index (χ3n) is 13.0. The molecule has 8 aliphatic rings. The predicted octanol–water partition coefficient (Wildman–Crippen LogP) is 9.45.